The number of hydroxylamine groups is 2. The van der Waals surface area contributed by atoms with E-state index in [1.807, 2.05) is 5.32 Å². The number of nitrogens with one attached hydrogen (secondary N) is 2. The molecule has 212 valence electrons. The van der Waals surface area contributed by atoms with Crippen molar-refractivity contribution in [3.8, 4) is 0 Å². The molecule has 1 aliphatic heterocycles. The predicted octanol–water partition coefficient (Wildman–Crippen LogP) is -5.77. The van der Waals surface area contributed by atoms with Gasteiger partial charge in [-0.15, -0.1) is 0 Å². The molecule has 1 rings (SSSR count). The van der Waals surface area contributed by atoms with Gasteiger partial charge in [0.25, 0.3) is 0 Å². The Labute approximate surface area is 210 Å². The van der Waals surface area contributed by atoms with Crippen LogP contribution < -0.4 is 16.4 Å². The molecule has 0 radical (unpaired) electrons. The zero-order valence-electron chi connectivity index (χ0n) is 20.0. The smallest absolute Gasteiger partial charge is 0.303 e. The second-order valence-electron chi connectivity index (χ2n) is 8.13. The highest BCUT2D eigenvalue weighted by atomic mass is 16.5. The summed E-state index contributed by atoms with van der Waals surface area (Å²) >= 11 is 0. The van der Waals surface area contributed by atoms with Crippen molar-refractivity contribution in [1.29, 1.82) is 0 Å². The first-order valence-corrected chi connectivity index (χ1v) is 11.0. The molecule has 0 aromatic carbocycles. The van der Waals surface area contributed by atoms with Crippen molar-refractivity contribution < 1.29 is 64.6 Å². The first-order valence-electron chi connectivity index (χ1n) is 11.0. The van der Waals surface area contributed by atoms with E-state index in [1.165, 1.54) is 6.92 Å². The monoisotopic (exact) mass is 538 g/mol. The van der Waals surface area contributed by atoms with Crippen LogP contribution >= 0.6 is 0 Å². The van der Waals surface area contributed by atoms with Crippen LogP contribution in [-0.2, 0) is 28.8 Å². The number of rotatable bonds is 14. The van der Waals surface area contributed by atoms with Gasteiger partial charge in [-0.3, -0.25) is 24.0 Å². The van der Waals surface area contributed by atoms with E-state index >= 15 is 0 Å². The summed E-state index contributed by atoms with van der Waals surface area (Å²) in [5.74, 6) is -4.53. The highest BCUT2D eigenvalue weighted by Gasteiger charge is 2.42. The van der Waals surface area contributed by atoms with Gasteiger partial charge in [0.05, 0.1) is 6.61 Å². The molecule has 11 N–H and O–H groups in total. The van der Waals surface area contributed by atoms with Crippen LogP contribution in [0.2, 0.25) is 0 Å². The number of ketones is 1. The van der Waals surface area contributed by atoms with E-state index in [2.05, 4.69) is 5.32 Å². The molecule has 1 aliphatic rings. The van der Waals surface area contributed by atoms with Crippen LogP contribution in [0.5, 0.6) is 0 Å². The van der Waals surface area contributed by atoms with E-state index in [0.717, 1.165) is 5.06 Å². The summed E-state index contributed by atoms with van der Waals surface area (Å²) in [4.78, 5) is 66.5. The molecule has 0 aromatic rings. The molecule has 1 fully saturated rings. The number of aliphatic hydroxyl groups excluding tert-OH is 5. The summed E-state index contributed by atoms with van der Waals surface area (Å²) < 4.78 is 0. The molecule has 1 unspecified atom stereocenters. The molecule has 3 amide bonds. The number of nitrogens with zero attached hydrogens (tertiary/aromatic N) is 1. The minimum Gasteiger partial charge on any atom is -0.481 e. The lowest BCUT2D eigenvalue weighted by atomic mass is 9.95. The first kappa shape index (κ1) is 33.9. The van der Waals surface area contributed by atoms with E-state index < -0.39 is 79.3 Å². The number of carbonyl (C=O) groups is 6. The Morgan fingerprint density at radius 1 is 1.08 bits per heavy atom. The quantitative estimate of drug-likeness (QED) is 0.0922. The van der Waals surface area contributed by atoms with Crippen LogP contribution in [0, 0.1) is 5.92 Å². The van der Waals surface area contributed by atoms with Crippen molar-refractivity contribution in [2.75, 3.05) is 19.8 Å². The van der Waals surface area contributed by atoms with E-state index in [4.69, 9.17) is 26.2 Å². The third kappa shape index (κ3) is 11.3. The van der Waals surface area contributed by atoms with Crippen molar-refractivity contribution >= 4 is 35.8 Å². The summed E-state index contributed by atoms with van der Waals surface area (Å²) in [6, 6.07) is -3.72. The Hall–Kier alpha value is -3.06. The van der Waals surface area contributed by atoms with Crippen LogP contribution in [0.3, 0.4) is 0 Å². The van der Waals surface area contributed by atoms with E-state index in [1.54, 1.807) is 0 Å². The highest BCUT2D eigenvalue weighted by molar-refractivity contribution is 5.93. The normalized spacial score (nSPS) is 21.3. The van der Waals surface area contributed by atoms with Crippen LogP contribution in [0.25, 0.3) is 0 Å². The topological polar surface area (TPSA) is 297 Å². The van der Waals surface area contributed by atoms with E-state index in [9.17, 15) is 44.2 Å². The number of Topliss-reactive ketones (excluding diaryl/α,β-unsaturated/α-hetero) is 1. The minimum atomic E-state index is -1.79. The van der Waals surface area contributed by atoms with Gasteiger partial charge in [0, 0.05) is 18.9 Å². The van der Waals surface area contributed by atoms with E-state index in [-0.39, 0.29) is 31.5 Å². The SMILES string of the molecule is CC(=O)C1CCN(O)[C@@H]1C(=O)N[C@H](CCC(=O)O)C(N)=O.O=C[C@H](NC(=O)CO)[C@@H](O)[C@H](O)[C@H](O)CO. The first-order chi connectivity index (χ1) is 17.2. The molecule has 17 nitrogen and oxygen atoms in total. The number of hydrogen-bond acceptors (Lipinski definition) is 13. The van der Waals surface area contributed by atoms with Gasteiger partial charge < -0.3 is 57.0 Å². The van der Waals surface area contributed by atoms with Crippen molar-refractivity contribution in [2.24, 2.45) is 11.7 Å². The Bertz CT molecular complexity index is 811. The lowest BCUT2D eigenvalue weighted by Gasteiger charge is -2.25. The van der Waals surface area contributed by atoms with Gasteiger partial charge in [-0.05, 0) is 19.8 Å². The predicted molar refractivity (Wildman–Crippen MR) is 119 cm³/mol. The molecule has 1 saturated heterocycles. The fourth-order valence-corrected chi connectivity index (χ4v) is 3.31. The van der Waals surface area contributed by atoms with Crippen molar-refractivity contribution in [1.82, 2.24) is 15.7 Å². The lowest BCUT2D eigenvalue weighted by Crippen LogP contribution is -2.53. The molecule has 37 heavy (non-hydrogen) atoms. The molecule has 17 heteroatoms. The number of primary amides is 1. The number of carbonyl (C=O) groups excluding carboxylic acids is 5. The number of aldehydes is 1. The van der Waals surface area contributed by atoms with Crippen LogP contribution in [0.15, 0.2) is 0 Å². The Balaban J connectivity index is 0.000000730. The molecule has 0 bridgehead atoms. The largest absolute Gasteiger partial charge is 0.481 e. The number of carboxylic acids is 1. The zero-order valence-corrected chi connectivity index (χ0v) is 20.0. The lowest BCUT2D eigenvalue weighted by molar-refractivity contribution is -0.153. The van der Waals surface area contributed by atoms with Crippen molar-refractivity contribution in [3.05, 3.63) is 0 Å². The third-order valence-corrected chi connectivity index (χ3v) is 5.39. The maximum absolute atomic E-state index is 12.1. The Kier molecular flexibility index (Phi) is 15.3. The second kappa shape index (κ2) is 16.6. The molecular weight excluding hydrogens is 504 g/mol. The van der Waals surface area contributed by atoms with Gasteiger partial charge in [0.1, 0.15) is 55.1 Å². The average Bonchev–Trinajstić information content (AvgIpc) is 3.25. The molecular formula is C20H34N4O13. The molecule has 0 aromatic heterocycles. The van der Waals surface area contributed by atoms with Gasteiger partial charge in [0.15, 0.2) is 0 Å². The Morgan fingerprint density at radius 2 is 1.68 bits per heavy atom. The summed E-state index contributed by atoms with van der Waals surface area (Å²) in [6.07, 6.45) is -5.22. The maximum Gasteiger partial charge on any atom is 0.303 e. The summed E-state index contributed by atoms with van der Waals surface area (Å²) in [5.41, 5.74) is 5.11. The molecule has 0 aliphatic carbocycles. The number of hydrogen-bond donors (Lipinski definition) is 10. The van der Waals surface area contributed by atoms with E-state index in [0.29, 0.717) is 6.42 Å². The van der Waals surface area contributed by atoms with Crippen LogP contribution in [0.4, 0.5) is 0 Å². The fraction of sp³-hybridized carbons (Fsp3) is 0.700. The third-order valence-electron chi connectivity index (χ3n) is 5.39. The number of amides is 3. The number of aliphatic carboxylic acids is 1. The number of aliphatic hydroxyl groups is 5. The molecule has 0 spiro atoms. The Morgan fingerprint density at radius 3 is 2.11 bits per heavy atom. The van der Waals surface area contributed by atoms with Gasteiger partial charge in [0.2, 0.25) is 17.7 Å². The fourth-order valence-electron chi connectivity index (χ4n) is 3.31. The van der Waals surface area contributed by atoms with Crippen LogP contribution in [-0.4, -0.2) is 133 Å². The van der Waals surface area contributed by atoms with Crippen LogP contribution in [0.1, 0.15) is 26.2 Å². The minimum absolute atomic E-state index is 0.144. The number of carboxylic acid groups (broad SMARTS) is 1. The zero-order chi connectivity index (χ0) is 28.9. The summed E-state index contributed by atoms with van der Waals surface area (Å²) in [5, 5.41) is 67.7. The standard InChI is InChI=1S/C12H19N3O6.C8H15NO7/c1-6(16)7-4-5-15(21)10(7)12(20)14-8(11(13)19)2-3-9(17)18;10-1-4(9-6(14)3-12)7(15)8(16)5(13)2-11/h7-8,10,21H,2-5H2,1H3,(H2,13,19)(H,14,20)(H,17,18);1,4-5,7-8,11-13,15-16H,2-3H2,(H,9,14)/t7?,8-,10+;4-,5+,7+,8+/m10/s1. The van der Waals surface area contributed by atoms with Gasteiger partial charge in [-0.25, -0.2) is 0 Å². The molecule has 7 atom stereocenters. The van der Waals surface area contributed by atoms with Gasteiger partial charge in [-0.2, -0.15) is 5.06 Å². The summed E-state index contributed by atoms with van der Waals surface area (Å²) in [7, 11) is 0. The number of nitrogens with two attached hydrogens (primary N) is 1. The summed E-state index contributed by atoms with van der Waals surface area (Å²) in [6.45, 7) is -0.202. The average molecular weight is 539 g/mol. The molecule has 0 saturated carbocycles. The van der Waals surface area contributed by atoms with Crippen molar-refractivity contribution in [2.45, 2.75) is 62.6 Å². The second-order valence-corrected chi connectivity index (χ2v) is 8.13. The van der Waals surface area contributed by atoms with Gasteiger partial charge in [-0.1, -0.05) is 0 Å². The van der Waals surface area contributed by atoms with Gasteiger partial charge >= 0.3 is 5.97 Å². The molecule has 1 heterocycles. The van der Waals surface area contributed by atoms with Crippen molar-refractivity contribution in [3.63, 3.8) is 0 Å². The maximum atomic E-state index is 12.1. The highest BCUT2D eigenvalue weighted by Crippen LogP contribution is 2.24.